The van der Waals surface area contributed by atoms with Gasteiger partial charge in [-0.15, -0.1) is 0 Å². The van der Waals surface area contributed by atoms with Crippen LogP contribution in [0.15, 0.2) is 84.9 Å². The number of alkyl halides is 1. The minimum Gasteiger partial charge on any atom is -0.0876 e. The number of hydrogen-bond acceptors (Lipinski definition) is 0. The van der Waals surface area contributed by atoms with Gasteiger partial charge in [-0.3, -0.25) is 0 Å². The van der Waals surface area contributed by atoms with Crippen LogP contribution in [0.25, 0.3) is 0 Å². The molecule has 0 saturated carbocycles. The van der Waals surface area contributed by atoms with Gasteiger partial charge in [-0.05, 0) is 28.6 Å². The third-order valence-electron chi connectivity index (χ3n) is 5.78. The van der Waals surface area contributed by atoms with Crippen LogP contribution in [0, 0.1) is 0 Å². The lowest BCUT2D eigenvalue weighted by Crippen LogP contribution is -2.64. The van der Waals surface area contributed by atoms with Gasteiger partial charge in [0.2, 0.25) is 0 Å². The van der Waals surface area contributed by atoms with E-state index < -0.39 is 8.07 Å². The zero-order chi connectivity index (χ0) is 19.3. The van der Waals surface area contributed by atoms with Crippen LogP contribution in [0.5, 0.6) is 0 Å². The Morgan fingerprint density at radius 2 is 1.11 bits per heavy atom. The first-order valence-electron chi connectivity index (χ1n) is 9.72. The monoisotopic (exact) mass is 436 g/mol. The van der Waals surface area contributed by atoms with Crippen molar-refractivity contribution in [1.29, 1.82) is 0 Å². The van der Waals surface area contributed by atoms with Crippen molar-refractivity contribution in [3.63, 3.8) is 0 Å². The highest BCUT2D eigenvalue weighted by atomic mass is 79.9. The number of aryl methyl sites for hydroxylation is 1. The van der Waals surface area contributed by atoms with Crippen LogP contribution in [-0.2, 0) is 11.8 Å². The van der Waals surface area contributed by atoms with Gasteiger partial charge in [0.05, 0.1) is 0 Å². The molecular weight excluding hydrogens is 408 g/mol. The summed E-state index contributed by atoms with van der Waals surface area (Å²) in [5, 5.41) is 4.23. The Kier molecular flexibility index (Phi) is 6.39. The van der Waals surface area contributed by atoms with E-state index in [1.807, 2.05) is 0 Å². The number of benzene rings is 3. The summed E-state index contributed by atoms with van der Waals surface area (Å²) in [5.74, 6) is 0. The Labute approximate surface area is 173 Å². The highest BCUT2D eigenvalue weighted by molar-refractivity contribution is 9.08. The van der Waals surface area contributed by atoms with Crippen LogP contribution < -0.4 is 10.4 Å². The molecule has 27 heavy (non-hydrogen) atoms. The second-order valence-electron chi connectivity index (χ2n) is 8.34. The molecule has 0 aliphatic heterocycles. The highest BCUT2D eigenvalue weighted by Crippen LogP contribution is 2.39. The van der Waals surface area contributed by atoms with E-state index in [0.29, 0.717) is 0 Å². The molecule has 2 heteroatoms. The first-order valence-corrected chi connectivity index (χ1v) is 13.0. The average Bonchev–Trinajstić information content (AvgIpc) is 2.69. The molecule has 0 amide bonds. The maximum Gasteiger partial charge on any atom is 0.123 e. The summed E-state index contributed by atoms with van der Waals surface area (Å²) in [4.78, 5) is 0. The van der Waals surface area contributed by atoms with Crippen molar-refractivity contribution < 1.29 is 0 Å². The second kappa shape index (κ2) is 8.58. The fourth-order valence-electron chi connectivity index (χ4n) is 4.27. The highest BCUT2D eigenvalue weighted by Gasteiger charge is 2.46. The van der Waals surface area contributed by atoms with E-state index >= 15 is 0 Å². The van der Waals surface area contributed by atoms with Crippen molar-refractivity contribution in [2.45, 2.75) is 43.6 Å². The molecule has 0 bridgehead atoms. The molecule has 3 aromatic rings. The first kappa shape index (κ1) is 20.1. The van der Waals surface area contributed by atoms with Gasteiger partial charge in [0.15, 0.2) is 0 Å². The Hall–Kier alpha value is -1.64. The number of rotatable bonds is 6. The van der Waals surface area contributed by atoms with E-state index in [1.54, 1.807) is 10.4 Å². The van der Waals surface area contributed by atoms with Gasteiger partial charge in [-0.2, -0.15) is 0 Å². The Balaban J connectivity index is 2.05. The van der Waals surface area contributed by atoms with Crippen LogP contribution in [0.4, 0.5) is 0 Å². The predicted molar refractivity (Wildman–Crippen MR) is 125 cm³/mol. The molecule has 0 nitrogen and oxygen atoms in total. The third-order valence-corrected chi connectivity index (χ3v) is 12.6. The van der Waals surface area contributed by atoms with Gasteiger partial charge < -0.3 is 0 Å². The van der Waals surface area contributed by atoms with Crippen LogP contribution in [0.1, 0.15) is 31.9 Å². The quantitative estimate of drug-likeness (QED) is 0.319. The summed E-state index contributed by atoms with van der Waals surface area (Å²) in [6.07, 6.45) is 1.12. The lowest BCUT2D eigenvalue weighted by molar-refractivity contribution is 0.723. The molecule has 0 saturated heterocycles. The van der Waals surface area contributed by atoms with Gasteiger partial charge in [0.25, 0.3) is 0 Å². The van der Waals surface area contributed by atoms with Crippen molar-refractivity contribution in [3.05, 3.63) is 96.1 Å². The molecule has 0 aliphatic carbocycles. The summed E-state index contributed by atoms with van der Waals surface area (Å²) in [6, 6.07) is 32.8. The SMILES string of the molecule is CC(C)(C)[Si](CCc1ccc(CBr)cc1)(c1ccccc1)c1ccccc1. The molecule has 0 spiro atoms. The maximum absolute atomic E-state index is 3.55. The predicted octanol–water partition coefficient (Wildman–Crippen LogP) is 6.19. The number of hydrogen-bond donors (Lipinski definition) is 0. The summed E-state index contributed by atoms with van der Waals surface area (Å²) >= 11 is 3.55. The first-order chi connectivity index (χ1) is 13.0. The molecule has 0 radical (unpaired) electrons. The smallest absolute Gasteiger partial charge is 0.0876 e. The third kappa shape index (κ3) is 4.28. The summed E-state index contributed by atoms with van der Waals surface area (Å²) in [5.41, 5.74) is 2.77. The van der Waals surface area contributed by atoms with E-state index in [4.69, 9.17) is 0 Å². The summed E-state index contributed by atoms with van der Waals surface area (Å²) in [7, 11) is -1.96. The van der Waals surface area contributed by atoms with Crippen LogP contribution in [-0.4, -0.2) is 8.07 Å². The molecule has 0 heterocycles. The van der Waals surface area contributed by atoms with Crippen molar-refractivity contribution in [3.8, 4) is 0 Å². The zero-order valence-corrected chi connectivity index (χ0v) is 19.2. The molecule has 140 valence electrons. The van der Waals surface area contributed by atoms with Gasteiger partial charge in [0, 0.05) is 5.33 Å². The zero-order valence-electron chi connectivity index (χ0n) is 16.6. The second-order valence-corrected chi connectivity index (χ2v) is 13.9. The van der Waals surface area contributed by atoms with Gasteiger partial charge in [-0.25, -0.2) is 0 Å². The number of halogens is 1. The molecule has 3 rings (SSSR count). The van der Waals surface area contributed by atoms with Crippen molar-refractivity contribution >= 4 is 34.4 Å². The normalized spacial score (nSPS) is 12.1. The molecule has 0 aliphatic rings. The van der Waals surface area contributed by atoms with Gasteiger partial charge in [0.1, 0.15) is 8.07 Å². The van der Waals surface area contributed by atoms with E-state index in [-0.39, 0.29) is 5.04 Å². The molecular formula is C25H29BrSi. The Bertz CT molecular complexity index is 794. The summed E-state index contributed by atoms with van der Waals surface area (Å²) in [6.45, 7) is 7.31. The Morgan fingerprint density at radius 1 is 0.667 bits per heavy atom. The maximum atomic E-state index is 3.55. The van der Waals surface area contributed by atoms with Crippen LogP contribution in [0.3, 0.4) is 0 Å². The molecule has 0 unspecified atom stereocenters. The largest absolute Gasteiger partial charge is 0.123 e. The summed E-state index contributed by atoms with van der Waals surface area (Å²) < 4.78 is 0. The van der Waals surface area contributed by atoms with E-state index in [2.05, 4.69) is 122 Å². The molecule has 0 N–H and O–H groups in total. The van der Waals surface area contributed by atoms with E-state index in [9.17, 15) is 0 Å². The minimum atomic E-state index is -1.96. The van der Waals surface area contributed by atoms with Crippen molar-refractivity contribution in [2.24, 2.45) is 0 Å². The molecule has 3 aromatic carbocycles. The average molecular weight is 437 g/mol. The topological polar surface area (TPSA) is 0 Å². The van der Waals surface area contributed by atoms with Crippen LogP contribution in [0.2, 0.25) is 11.1 Å². The Morgan fingerprint density at radius 3 is 1.52 bits per heavy atom. The van der Waals surface area contributed by atoms with E-state index in [0.717, 1.165) is 11.8 Å². The van der Waals surface area contributed by atoms with Gasteiger partial charge in [-0.1, -0.05) is 132 Å². The van der Waals surface area contributed by atoms with E-state index in [1.165, 1.54) is 17.2 Å². The van der Waals surface area contributed by atoms with Crippen LogP contribution >= 0.6 is 15.9 Å². The fraction of sp³-hybridized carbons (Fsp3) is 0.280. The molecule has 0 atom stereocenters. The standard InChI is InChI=1S/C25H29BrSi/c1-25(2,3)27(23-10-6-4-7-11-23,24-12-8-5-9-13-24)19-18-21-14-16-22(20-26)17-15-21/h4-17H,18-20H2,1-3H3. The lowest BCUT2D eigenvalue weighted by Gasteiger charge is -2.44. The lowest BCUT2D eigenvalue weighted by atomic mass is 10.1. The van der Waals surface area contributed by atoms with Crippen molar-refractivity contribution in [1.82, 2.24) is 0 Å². The van der Waals surface area contributed by atoms with Crippen molar-refractivity contribution in [2.75, 3.05) is 0 Å². The molecule has 0 fully saturated rings. The molecule has 0 aromatic heterocycles. The van der Waals surface area contributed by atoms with Gasteiger partial charge >= 0.3 is 0 Å². The minimum absolute atomic E-state index is 0.228. The fourth-order valence-corrected chi connectivity index (χ4v) is 10.2.